The first-order valence-electron chi connectivity index (χ1n) is 2.59. The van der Waals surface area contributed by atoms with Crippen LogP contribution < -0.4 is 0 Å². The molecule has 0 aliphatic heterocycles. The number of hydrogen-bond acceptors (Lipinski definition) is 1. The van der Waals surface area contributed by atoms with Gasteiger partial charge < -0.3 is 4.79 Å². The van der Waals surface area contributed by atoms with Gasteiger partial charge >= 0.3 is 0 Å². The molecule has 0 heterocycles. The van der Waals surface area contributed by atoms with Gasteiger partial charge in [-0.2, -0.15) is 11.1 Å². The molecular weight excluding hydrogens is 230 g/mol. The van der Waals surface area contributed by atoms with Gasteiger partial charge in [-0.15, -0.1) is 43.9 Å². The van der Waals surface area contributed by atoms with Crippen molar-refractivity contribution in [1.29, 1.82) is 0 Å². The normalized spacial score (nSPS) is 12.8. The number of carbonyl (C=O) groups excluding carboxylic acids is 1. The van der Waals surface area contributed by atoms with Crippen molar-refractivity contribution in [2.45, 2.75) is 13.3 Å². The molecule has 0 fully saturated rings. The molecule has 4 heteroatoms. The van der Waals surface area contributed by atoms with E-state index < -0.39 is 0 Å². The van der Waals surface area contributed by atoms with Crippen LogP contribution in [0, 0.1) is 0 Å². The molecule has 11 heavy (non-hydrogen) atoms. The zero-order valence-electron chi connectivity index (χ0n) is 5.92. The molecule has 0 N–H and O–H groups in total. The number of allylic oxidation sites excluding steroid dienone is 4. The summed E-state index contributed by atoms with van der Waals surface area (Å²) >= 11 is 0. The summed E-state index contributed by atoms with van der Waals surface area (Å²) in [6.45, 7) is 1.92. The minimum absolute atomic E-state index is 0. The molecule has 1 aliphatic rings. The first-order valence-corrected chi connectivity index (χ1v) is 2.59. The van der Waals surface area contributed by atoms with Gasteiger partial charge in [0, 0.05) is 16.8 Å². The molecule has 1 rings (SSSR count). The van der Waals surface area contributed by atoms with Gasteiger partial charge in [0.25, 0.3) is 0 Å². The van der Waals surface area contributed by atoms with E-state index in [1.807, 2.05) is 25.4 Å². The van der Waals surface area contributed by atoms with E-state index >= 15 is 0 Å². The van der Waals surface area contributed by atoms with Crippen LogP contribution in [-0.2, 0) is 21.6 Å². The summed E-state index contributed by atoms with van der Waals surface area (Å²) in [6.07, 6.45) is 6.57. The molecule has 0 aromatic rings. The van der Waals surface area contributed by atoms with E-state index in [-0.39, 0.29) is 41.6 Å². The second kappa shape index (κ2) is 8.33. The Kier molecular flexibility index (Phi) is 13.1. The van der Waals surface area contributed by atoms with Crippen molar-refractivity contribution in [3.8, 4) is 0 Å². The number of halogens is 2. The van der Waals surface area contributed by atoms with Crippen molar-refractivity contribution < 1.29 is 21.6 Å². The molecule has 0 unspecified atom stereocenters. The Balaban J connectivity index is -0.000000213. The third-order valence-electron chi connectivity index (χ3n) is 1.29. The molecule has 0 saturated carbocycles. The quantitative estimate of drug-likeness (QED) is 0.641. The Hall–Kier alpha value is 0.236. The summed E-state index contributed by atoms with van der Waals surface area (Å²) in [7, 11) is 0. The zero-order chi connectivity index (χ0) is 5.98. The van der Waals surface area contributed by atoms with Gasteiger partial charge in [0.05, 0.1) is 0 Å². The standard InChI is InChI=1S/C7H7O.2ClH.Co/c1-6-3-2-4-7(6)5-8;;;/h2-3H,4H2,1H3;2*1H;/q-1;;;. The van der Waals surface area contributed by atoms with E-state index in [9.17, 15) is 4.79 Å². The van der Waals surface area contributed by atoms with E-state index in [1.54, 1.807) is 0 Å². The third-order valence-corrected chi connectivity index (χ3v) is 1.29. The van der Waals surface area contributed by atoms with Crippen molar-refractivity contribution in [2.24, 2.45) is 0 Å². The van der Waals surface area contributed by atoms with Gasteiger partial charge in [0.1, 0.15) is 0 Å². The fraction of sp³-hybridized carbons (Fsp3) is 0.286. The number of rotatable bonds is 1. The summed E-state index contributed by atoms with van der Waals surface area (Å²) in [5, 5.41) is 0. The Morgan fingerprint density at radius 3 is 2.18 bits per heavy atom. The maximum absolute atomic E-state index is 9.99. The molecule has 0 aromatic heterocycles. The predicted molar refractivity (Wildman–Crippen MR) is 46.6 cm³/mol. The van der Waals surface area contributed by atoms with E-state index in [2.05, 4.69) is 0 Å². The van der Waals surface area contributed by atoms with Crippen LogP contribution in [0.25, 0.3) is 0 Å². The largest absolute Gasteiger partial charge is 0.419 e. The summed E-state index contributed by atoms with van der Waals surface area (Å²) in [6, 6.07) is 0. The molecule has 0 aromatic carbocycles. The Morgan fingerprint density at radius 1 is 1.45 bits per heavy atom. The van der Waals surface area contributed by atoms with Crippen LogP contribution in [-0.4, -0.2) is 6.29 Å². The molecule has 1 nitrogen and oxygen atoms in total. The van der Waals surface area contributed by atoms with Gasteiger partial charge in [0.2, 0.25) is 0 Å². The SMILES string of the molecule is CC1=C([C-]=O)CC=C1.Cl.Cl.[Co]. The van der Waals surface area contributed by atoms with Crippen LogP contribution in [0.15, 0.2) is 23.3 Å². The molecule has 0 bridgehead atoms. The molecule has 0 spiro atoms. The third kappa shape index (κ3) is 4.64. The van der Waals surface area contributed by atoms with Crippen LogP contribution in [0.3, 0.4) is 0 Å². The van der Waals surface area contributed by atoms with Crippen molar-refractivity contribution in [1.82, 2.24) is 0 Å². The van der Waals surface area contributed by atoms with Gasteiger partial charge in [-0.25, -0.2) is 0 Å². The van der Waals surface area contributed by atoms with Crippen molar-refractivity contribution >= 4 is 31.1 Å². The number of hydrogen-bond donors (Lipinski definition) is 0. The summed E-state index contributed by atoms with van der Waals surface area (Å²) < 4.78 is 0. The van der Waals surface area contributed by atoms with E-state index in [1.165, 1.54) is 0 Å². The van der Waals surface area contributed by atoms with Crippen LogP contribution in [0.4, 0.5) is 0 Å². The minimum Gasteiger partial charge on any atom is -0.419 e. The topological polar surface area (TPSA) is 17.1 Å². The smallest absolute Gasteiger partial charge is 0 e. The molecule has 0 amide bonds. The van der Waals surface area contributed by atoms with Gasteiger partial charge in [-0.05, 0) is 12.7 Å². The van der Waals surface area contributed by atoms with Gasteiger partial charge in [0.15, 0.2) is 0 Å². The fourth-order valence-electron chi connectivity index (χ4n) is 0.737. The minimum atomic E-state index is 0. The maximum Gasteiger partial charge on any atom is 0 e. The first-order chi connectivity index (χ1) is 3.84. The molecule has 0 atom stereocenters. The van der Waals surface area contributed by atoms with Crippen LogP contribution in [0.1, 0.15) is 13.3 Å². The average Bonchev–Trinajstić information content (AvgIpc) is 2.14. The van der Waals surface area contributed by atoms with Gasteiger partial charge in [-0.1, -0.05) is 0 Å². The fourth-order valence-corrected chi connectivity index (χ4v) is 0.737. The Morgan fingerprint density at radius 2 is 2.00 bits per heavy atom. The van der Waals surface area contributed by atoms with Crippen LogP contribution in [0.5, 0.6) is 0 Å². The van der Waals surface area contributed by atoms with Gasteiger partial charge in [-0.3, -0.25) is 0 Å². The average molecular weight is 239 g/mol. The molecular formula is C7H9Cl2CoO-. The first kappa shape index (κ1) is 17.4. The Labute approximate surface area is 89.3 Å². The van der Waals surface area contributed by atoms with E-state index in [0.717, 1.165) is 17.6 Å². The van der Waals surface area contributed by atoms with Crippen LogP contribution in [0.2, 0.25) is 0 Å². The second-order valence-corrected chi connectivity index (χ2v) is 1.87. The van der Waals surface area contributed by atoms with Crippen molar-refractivity contribution in [3.05, 3.63) is 23.3 Å². The maximum atomic E-state index is 9.99. The zero-order valence-corrected chi connectivity index (χ0v) is 8.59. The molecule has 67 valence electrons. The van der Waals surface area contributed by atoms with Crippen molar-refractivity contribution in [2.75, 3.05) is 0 Å². The second-order valence-electron chi connectivity index (χ2n) is 1.87. The van der Waals surface area contributed by atoms with Crippen LogP contribution >= 0.6 is 24.8 Å². The van der Waals surface area contributed by atoms with E-state index in [4.69, 9.17) is 0 Å². The summed E-state index contributed by atoms with van der Waals surface area (Å²) in [5.74, 6) is 0. The monoisotopic (exact) mass is 238 g/mol. The summed E-state index contributed by atoms with van der Waals surface area (Å²) in [5.41, 5.74) is 1.85. The van der Waals surface area contributed by atoms with Crippen molar-refractivity contribution in [3.63, 3.8) is 0 Å². The summed E-state index contributed by atoms with van der Waals surface area (Å²) in [4.78, 5) is 9.99. The molecule has 1 radical (unpaired) electrons. The molecule has 0 saturated heterocycles. The van der Waals surface area contributed by atoms with E-state index in [0.29, 0.717) is 0 Å². The Bertz CT molecular complexity index is 175. The predicted octanol–water partition coefficient (Wildman–Crippen LogP) is 2.21. The molecule has 1 aliphatic carbocycles.